The molecule has 0 spiro atoms. The Kier molecular flexibility index (Phi) is 4.24. The third kappa shape index (κ3) is 3.10. The molecule has 0 amide bonds. The molecule has 1 heterocycles. The second-order valence-electron chi connectivity index (χ2n) is 4.68. The van der Waals surface area contributed by atoms with Crippen molar-refractivity contribution in [2.45, 2.75) is 12.3 Å². The van der Waals surface area contributed by atoms with E-state index in [0.29, 0.717) is 0 Å². The summed E-state index contributed by atoms with van der Waals surface area (Å²) in [5, 5.41) is 10.6. The van der Waals surface area contributed by atoms with Crippen molar-refractivity contribution in [2.24, 2.45) is 0 Å². The van der Waals surface area contributed by atoms with Gasteiger partial charge in [-0.2, -0.15) is 0 Å². The van der Waals surface area contributed by atoms with Crippen molar-refractivity contribution in [1.29, 1.82) is 0 Å². The molecule has 0 bridgehead atoms. The molecule has 2 aromatic carbocycles. The Labute approximate surface area is 137 Å². The van der Waals surface area contributed by atoms with E-state index in [9.17, 15) is 0 Å². The SMILES string of the molecule is Cc1cc(Cl)ccc1-c1nnc(C(Cl)c2ccccc2)s1. The van der Waals surface area contributed by atoms with E-state index in [2.05, 4.69) is 10.2 Å². The Hall–Kier alpha value is -1.42. The van der Waals surface area contributed by atoms with Crippen LogP contribution in [0.1, 0.15) is 21.5 Å². The van der Waals surface area contributed by atoms with Crippen molar-refractivity contribution in [3.63, 3.8) is 0 Å². The monoisotopic (exact) mass is 334 g/mol. The third-order valence-corrected chi connectivity index (χ3v) is 5.01. The van der Waals surface area contributed by atoms with Crippen molar-refractivity contribution in [2.75, 3.05) is 0 Å². The second-order valence-corrected chi connectivity index (χ2v) is 6.56. The van der Waals surface area contributed by atoms with Gasteiger partial charge in [-0.15, -0.1) is 21.8 Å². The fourth-order valence-electron chi connectivity index (χ4n) is 2.08. The van der Waals surface area contributed by atoms with E-state index in [4.69, 9.17) is 23.2 Å². The highest BCUT2D eigenvalue weighted by atomic mass is 35.5. The molecule has 0 aliphatic rings. The van der Waals surface area contributed by atoms with Gasteiger partial charge in [0.05, 0.1) is 0 Å². The first-order valence-electron chi connectivity index (χ1n) is 6.44. The standard InChI is InChI=1S/C16H12Cl2N2S/c1-10-9-12(17)7-8-13(10)15-19-20-16(21-15)14(18)11-5-3-2-4-6-11/h2-9,14H,1H3. The van der Waals surface area contributed by atoms with E-state index in [-0.39, 0.29) is 5.38 Å². The Bertz CT molecular complexity index is 756. The van der Waals surface area contributed by atoms with Crippen LogP contribution >= 0.6 is 34.5 Å². The van der Waals surface area contributed by atoms with Crippen LogP contribution in [-0.2, 0) is 0 Å². The number of hydrogen-bond acceptors (Lipinski definition) is 3. The maximum Gasteiger partial charge on any atom is 0.148 e. The quantitative estimate of drug-likeness (QED) is 0.591. The molecule has 0 aliphatic carbocycles. The summed E-state index contributed by atoms with van der Waals surface area (Å²) >= 11 is 14.0. The number of benzene rings is 2. The Balaban J connectivity index is 1.93. The molecule has 3 rings (SSSR count). The van der Waals surface area contributed by atoms with E-state index in [1.807, 2.05) is 55.5 Å². The molecule has 0 saturated carbocycles. The maximum atomic E-state index is 6.48. The zero-order valence-corrected chi connectivity index (χ0v) is 13.6. The molecule has 106 valence electrons. The van der Waals surface area contributed by atoms with Crippen LogP contribution in [0.3, 0.4) is 0 Å². The molecule has 0 radical (unpaired) electrons. The van der Waals surface area contributed by atoms with Crippen LogP contribution in [0.4, 0.5) is 0 Å². The molecular weight excluding hydrogens is 323 g/mol. The molecule has 2 nitrogen and oxygen atoms in total. The number of hydrogen-bond donors (Lipinski definition) is 0. The lowest BCUT2D eigenvalue weighted by Gasteiger charge is -2.04. The number of rotatable bonds is 3. The zero-order valence-electron chi connectivity index (χ0n) is 11.3. The summed E-state index contributed by atoms with van der Waals surface area (Å²) in [7, 11) is 0. The molecular formula is C16H12Cl2N2S. The van der Waals surface area contributed by atoms with E-state index in [0.717, 1.165) is 31.7 Å². The van der Waals surface area contributed by atoms with Gasteiger partial charge in [0, 0.05) is 10.6 Å². The predicted molar refractivity (Wildman–Crippen MR) is 89.2 cm³/mol. The third-order valence-electron chi connectivity index (χ3n) is 3.17. The van der Waals surface area contributed by atoms with E-state index in [1.165, 1.54) is 11.3 Å². The highest BCUT2D eigenvalue weighted by molar-refractivity contribution is 7.15. The molecule has 0 fully saturated rings. The van der Waals surface area contributed by atoms with Crippen molar-refractivity contribution >= 4 is 34.5 Å². The number of halogens is 2. The topological polar surface area (TPSA) is 25.8 Å². The zero-order chi connectivity index (χ0) is 14.8. The van der Waals surface area contributed by atoms with Crippen molar-refractivity contribution < 1.29 is 0 Å². The van der Waals surface area contributed by atoms with Crippen LogP contribution in [0.25, 0.3) is 10.6 Å². The molecule has 0 aliphatic heterocycles. The minimum absolute atomic E-state index is 0.273. The van der Waals surface area contributed by atoms with E-state index in [1.54, 1.807) is 0 Å². The van der Waals surface area contributed by atoms with Crippen LogP contribution < -0.4 is 0 Å². The minimum atomic E-state index is -0.273. The smallest absolute Gasteiger partial charge is 0.141 e. The maximum absolute atomic E-state index is 6.48. The summed E-state index contributed by atoms with van der Waals surface area (Å²) in [6.07, 6.45) is 0. The lowest BCUT2D eigenvalue weighted by Crippen LogP contribution is -1.91. The van der Waals surface area contributed by atoms with Gasteiger partial charge in [0.15, 0.2) is 0 Å². The Morgan fingerprint density at radius 2 is 1.81 bits per heavy atom. The van der Waals surface area contributed by atoms with Crippen molar-refractivity contribution in [3.05, 3.63) is 69.7 Å². The summed E-state index contributed by atoms with van der Waals surface area (Å²) < 4.78 is 0. The minimum Gasteiger partial charge on any atom is -0.141 e. The average Bonchev–Trinajstić information content (AvgIpc) is 2.97. The van der Waals surface area contributed by atoms with E-state index >= 15 is 0 Å². The molecule has 5 heteroatoms. The number of alkyl halides is 1. The summed E-state index contributed by atoms with van der Waals surface area (Å²) in [5.41, 5.74) is 3.14. The normalized spacial score (nSPS) is 12.3. The van der Waals surface area contributed by atoms with Gasteiger partial charge < -0.3 is 0 Å². The van der Waals surface area contributed by atoms with Crippen molar-refractivity contribution in [1.82, 2.24) is 10.2 Å². The second kappa shape index (κ2) is 6.14. The van der Waals surface area contributed by atoms with Crippen LogP contribution in [0.15, 0.2) is 48.5 Å². The van der Waals surface area contributed by atoms with Gasteiger partial charge in [-0.05, 0) is 30.2 Å². The van der Waals surface area contributed by atoms with Crippen LogP contribution in [0.2, 0.25) is 5.02 Å². The van der Waals surface area contributed by atoms with Gasteiger partial charge in [0.2, 0.25) is 0 Å². The molecule has 21 heavy (non-hydrogen) atoms. The number of aryl methyl sites for hydroxylation is 1. The molecule has 0 saturated heterocycles. The molecule has 1 atom stereocenters. The molecule has 1 unspecified atom stereocenters. The molecule has 0 N–H and O–H groups in total. The van der Waals surface area contributed by atoms with Crippen LogP contribution in [0, 0.1) is 6.92 Å². The van der Waals surface area contributed by atoms with Gasteiger partial charge in [-0.1, -0.05) is 59.3 Å². The number of nitrogens with zero attached hydrogens (tertiary/aromatic N) is 2. The van der Waals surface area contributed by atoms with Crippen LogP contribution in [0.5, 0.6) is 0 Å². The van der Waals surface area contributed by atoms with Gasteiger partial charge in [-0.25, -0.2) is 0 Å². The Morgan fingerprint density at radius 1 is 1.05 bits per heavy atom. The largest absolute Gasteiger partial charge is 0.148 e. The van der Waals surface area contributed by atoms with Gasteiger partial charge in [0.1, 0.15) is 15.4 Å². The first kappa shape index (κ1) is 14.5. The lowest BCUT2D eigenvalue weighted by molar-refractivity contribution is 0.987. The highest BCUT2D eigenvalue weighted by Gasteiger charge is 2.17. The summed E-state index contributed by atoms with van der Waals surface area (Å²) in [6, 6.07) is 15.6. The summed E-state index contributed by atoms with van der Waals surface area (Å²) in [4.78, 5) is 0. The van der Waals surface area contributed by atoms with Crippen LogP contribution in [-0.4, -0.2) is 10.2 Å². The highest BCUT2D eigenvalue weighted by Crippen LogP contribution is 2.35. The fourth-order valence-corrected chi connectivity index (χ4v) is 3.57. The summed E-state index contributed by atoms with van der Waals surface area (Å²) in [5.74, 6) is 0. The van der Waals surface area contributed by atoms with Gasteiger partial charge in [-0.3, -0.25) is 0 Å². The number of aromatic nitrogens is 2. The predicted octanol–water partition coefficient (Wildman–Crippen LogP) is 5.50. The molecule has 3 aromatic rings. The van der Waals surface area contributed by atoms with Crippen molar-refractivity contribution in [3.8, 4) is 10.6 Å². The summed E-state index contributed by atoms with van der Waals surface area (Å²) in [6.45, 7) is 2.01. The van der Waals surface area contributed by atoms with Gasteiger partial charge >= 0.3 is 0 Å². The molecule has 1 aromatic heterocycles. The first-order valence-corrected chi connectivity index (χ1v) is 8.07. The first-order chi connectivity index (χ1) is 10.1. The van der Waals surface area contributed by atoms with Gasteiger partial charge in [0.25, 0.3) is 0 Å². The van der Waals surface area contributed by atoms with E-state index < -0.39 is 0 Å². The lowest BCUT2D eigenvalue weighted by atomic mass is 10.1. The Morgan fingerprint density at radius 3 is 2.52 bits per heavy atom. The average molecular weight is 335 g/mol. The fraction of sp³-hybridized carbons (Fsp3) is 0.125.